The van der Waals surface area contributed by atoms with Gasteiger partial charge in [0.05, 0.1) is 23.1 Å². The average Bonchev–Trinajstić information content (AvgIpc) is 2.40. The molecule has 0 aliphatic carbocycles. The molecular weight excluding hydrogens is 228 g/mol. The van der Waals surface area contributed by atoms with Crippen molar-refractivity contribution in [2.45, 2.75) is 0 Å². The first-order valence-electron chi connectivity index (χ1n) is 5.27. The first kappa shape index (κ1) is 11.6. The lowest BCUT2D eigenvalue weighted by Crippen LogP contribution is -2.20. The van der Waals surface area contributed by atoms with Crippen molar-refractivity contribution in [3.63, 3.8) is 0 Å². The van der Waals surface area contributed by atoms with Gasteiger partial charge in [0.25, 0.3) is 0 Å². The van der Waals surface area contributed by atoms with Gasteiger partial charge in [0, 0.05) is 6.20 Å². The molecule has 0 radical (unpaired) electrons. The third-order valence-corrected chi connectivity index (χ3v) is 2.22. The number of anilines is 2. The van der Waals surface area contributed by atoms with Gasteiger partial charge in [-0.2, -0.15) is 5.26 Å². The summed E-state index contributed by atoms with van der Waals surface area (Å²) in [6.07, 6.45) is 3.16. The number of amides is 2. The number of benzene rings is 1. The van der Waals surface area contributed by atoms with E-state index in [4.69, 9.17) is 5.26 Å². The minimum atomic E-state index is -0.411. The standard InChI is InChI=1S/C13H10N4O/c14-8-10-4-1-2-6-12(10)17-13(18)16-11-5-3-7-15-9-11/h1-7,9H,(H2,16,17,18). The van der Waals surface area contributed by atoms with Gasteiger partial charge in [-0.05, 0) is 24.3 Å². The van der Waals surface area contributed by atoms with E-state index in [0.29, 0.717) is 16.9 Å². The lowest BCUT2D eigenvalue weighted by atomic mass is 10.2. The number of nitriles is 1. The minimum absolute atomic E-state index is 0.411. The summed E-state index contributed by atoms with van der Waals surface area (Å²) in [5.41, 5.74) is 1.48. The molecule has 0 unspecified atom stereocenters. The third kappa shape index (κ3) is 2.83. The zero-order chi connectivity index (χ0) is 12.8. The molecule has 18 heavy (non-hydrogen) atoms. The molecular formula is C13H10N4O. The van der Waals surface area contributed by atoms with Gasteiger partial charge in [0.1, 0.15) is 6.07 Å². The summed E-state index contributed by atoms with van der Waals surface area (Å²) in [7, 11) is 0. The normalized spacial score (nSPS) is 9.28. The van der Waals surface area contributed by atoms with Gasteiger partial charge in [-0.3, -0.25) is 4.98 Å². The number of para-hydroxylation sites is 1. The highest BCUT2D eigenvalue weighted by molar-refractivity contribution is 6.00. The Balaban J connectivity index is 2.06. The third-order valence-electron chi connectivity index (χ3n) is 2.22. The molecule has 88 valence electrons. The van der Waals surface area contributed by atoms with Crippen molar-refractivity contribution in [2.24, 2.45) is 0 Å². The Bertz CT molecular complexity index is 589. The van der Waals surface area contributed by atoms with Gasteiger partial charge >= 0.3 is 6.03 Å². The zero-order valence-electron chi connectivity index (χ0n) is 9.42. The predicted octanol–water partition coefficient (Wildman–Crippen LogP) is 2.60. The summed E-state index contributed by atoms with van der Waals surface area (Å²) in [5, 5.41) is 14.1. The van der Waals surface area contributed by atoms with Crippen LogP contribution in [0.3, 0.4) is 0 Å². The van der Waals surface area contributed by atoms with Crippen LogP contribution in [0.4, 0.5) is 16.2 Å². The number of hydrogen-bond donors (Lipinski definition) is 2. The first-order chi connectivity index (χ1) is 8.79. The highest BCUT2D eigenvalue weighted by atomic mass is 16.2. The van der Waals surface area contributed by atoms with Gasteiger partial charge in [0.15, 0.2) is 0 Å². The van der Waals surface area contributed by atoms with Crippen molar-refractivity contribution in [3.05, 3.63) is 54.4 Å². The van der Waals surface area contributed by atoms with Gasteiger partial charge < -0.3 is 10.6 Å². The fraction of sp³-hybridized carbons (Fsp3) is 0. The van der Waals surface area contributed by atoms with Crippen molar-refractivity contribution in [3.8, 4) is 6.07 Å². The van der Waals surface area contributed by atoms with E-state index in [0.717, 1.165) is 0 Å². The second kappa shape index (κ2) is 5.46. The summed E-state index contributed by atoms with van der Waals surface area (Å²) in [6, 6.07) is 11.8. The molecule has 0 bridgehead atoms. The molecule has 0 fully saturated rings. The molecule has 0 spiro atoms. The lowest BCUT2D eigenvalue weighted by molar-refractivity contribution is 0.262. The Morgan fingerprint density at radius 1 is 1.17 bits per heavy atom. The van der Waals surface area contributed by atoms with E-state index in [-0.39, 0.29) is 0 Å². The van der Waals surface area contributed by atoms with Crippen LogP contribution in [0.2, 0.25) is 0 Å². The minimum Gasteiger partial charge on any atom is -0.306 e. The number of rotatable bonds is 2. The molecule has 0 saturated carbocycles. The summed E-state index contributed by atoms with van der Waals surface area (Å²) < 4.78 is 0. The smallest absolute Gasteiger partial charge is 0.306 e. The van der Waals surface area contributed by atoms with Crippen LogP contribution in [0.1, 0.15) is 5.56 Å². The van der Waals surface area contributed by atoms with Gasteiger partial charge in [-0.1, -0.05) is 12.1 Å². The molecule has 1 heterocycles. The fourth-order valence-electron chi connectivity index (χ4n) is 1.41. The van der Waals surface area contributed by atoms with E-state index in [1.807, 2.05) is 6.07 Å². The zero-order valence-corrected chi connectivity index (χ0v) is 9.42. The van der Waals surface area contributed by atoms with Crippen molar-refractivity contribution in [1.82, 2.24) is 4.98 Å². The SMILES string of the molecule is N#Cc1ccccc1NC(=O)Nc1cccnc1. The maximum absolute atomic E-state index is 11.7. The van der Waals surface area contributed by atoms with Crippen LogP contribution in [-0.2, 0) is 0 Å². The van der Waals surface area contributed by atoms with Crippen molar-refractivity contribution in [2.75, 3.05) is 10.6 Å². The maximum atomic E-state index is 11.7. The number of nitrogens with zero attached hydrogens (tertiary/aromatic N) is 2. The summed E-state index contributed by atoms with van der Waals surface area (Å²) in [4.78, 5) is 15.6. The van der Waals surface area contributed by atoms with Crippen LogP contribution in [0.15, 0.2) is 48.8 Å². The number of carbonyl (C=O) groups excluding carboxylic acids is 1. The molecule has 2 amide bonds. The average molecular weight is 238 g/mol. The largest absolute Gasteiger partial charge is 0.323 e. The molecule has 0 saturated heterocycles. The Labute approximate surface area is 104 Å². The van der Waals surface area contributed by atoms with E-state index in [2.05, 4.69) is 15.6 Å². The van der Waals surface area contributed by atoms with E-state index < -0.39 is 6.03 Å². The second-order valence-corrected chi connectivity index (χ2v) is 3.48. The monoisotopic (exact) mass is 238 g/mol. The van der Waals surface area contributed by atoms with Crippen LogP contribution >= 0.6 is 0 Å². The van der Waals surface area contributed by atoms with E-state index >= 15 is 0 Å². The molecule has 2 rings (SSSR count). The Morgan fingerprint density at radius 2 is 2.00 bits per heavy atom. The topological polar surface area (TPSA) is 77.8 Å². The van der Waals surface area contributed by atoms with E-state index in [1.165, 1.54) is 6.20 Å². The first-order valence-corrected chi connectivity index (χ1v) is 5.27. The molecule has 2 aromatic rings. The number of hydrogen-bond acceptors (Lipinski definition) is 3. The summed E-state index contributed by atoms with van der Waals surface area (Å²) in [5.74, 6) is 0. The Hall–Kier alpha value is -2.87. The quantitative estimate of drug-likeness (QED) is 0.844. The van der Waals surface area contributed by atoms with Crippen LogP contribution in [-0.4, -0.2) is 11.0 Å². The number of aromatic nitrogens is 1. The highest BCUT2D eigenvalue weighted by Crippen LogP contribution is 2.14. The number of carbonyl (C=O) groups is 1. The molecule has 5 heteroatoms. The summed E-state index contributed by atoms with van der Waals surface area (Å²) in [6.45, 7) is 0. The van der Waals surface area contributed by atoms with Gasteiger partial charge in [0.2, 0.25) is 0 Å². The van der Waals surface area contributed by atoms with Crippen LogP contribution in [0, 0.1) is 11.3 Å². The molecule has 1 aromatic heterocycles. The molecule has 1 aromatic carbocycles. The van der Waals surface area contributed by atoms with Crippen LogP contribution in [0.5, 0.6) is 0 Å². The Morgan fingerprint density at radius 3 is 2.72 bits per heavy atom. The maximum Gasteiger partial charge on any atom is 0.323 e. The fourth-order valence-corrected chi connectivity index (χ4v) is 1.41. The molecule has 0 aliphatic heterocycles. The van der Waals surface area contributed by atoms with E-state index in [9.17, 15) is 4.79 Å². The van der Waals surface area contributed by atoms with Crippen molar-refractivity contribution < 1.29 is 4.79 Å². The second-order valence-electron chi connectivity index (χ2n) is 3.48. The highest BCUT2D eigenvalue weighted by Gasteiger charge is 2.05. The molecule has 0 aliphatic rings. The van der Waals surface area contributed by atoms with Crippen molar-refractivity contribution in [1.29, 1.82) is 5.26 Å². The Kier molecular flexibility index (Phi) is 3.52. The number of urea groups is 1. The van der Waals surface area contributed by atoms with E-state index in [1.54, 1.807) is 42.6 Å². The van der Waals surface area contributed by atoms with Crippen molar-refractivity contribution >= 4 is 17.4 Å². The van der Waals surface area contributed by atoms with Gasteiger partial charge in [-0.25, -0.2) is 4.79 Å². The number of nitrogens with one attached hydrogen (secondary N) is 2. The molecule has 2 N–H and O–H groups in total. The molecule has 0 atom stereocenters. The number of pyridine rings is 1. The van der Waals surface area contributed by atoms with Gasteiger partial charge in [-0.15, -0.1) is 0 Å². The van der Waals surface area contributed by atoms with Crippen LogP contribution < -0.4 is 10.6 Å². The lowest BCUT2D eigenvalue weighted by Gasteiger charge is -2.08. The molecule has 5 nitrogen and oxygen atoms in total. The summed E-state index contributed by atoms with van der Waals surface area (Å²) >= 11 is 0. The van der Waals surface area contributed by atoms with Crippen LogP contribution in [0.25, 0.3) is 0 Å². The predicted molar refractivity (Wildman–Crippen MR) is 68.0 cm³/mol.